The van der Waals surface area contributed by atoms with Crippen molar-refractivity contribution >= 4 is 11.6 Å². The Labute approximate surface area is 114 Å². The second-order valence-corrected chi connectivity index (χ2v) is 5.66. The number of hydrogen-bond acceptors (Lipinski definition) is 3. The second-order valence-electron chi connectivity index (χ2n) is 5.66. The van der Waals surface area contributed by atoms with Crippen LogP contribution in [-0.2, 0) is 4.79 Å². The molecule has 1 atom stereocenters. The molecule has 4 heteroatoms. The molecular formula is C15H22N2O2. The van der Waals surface area contributed by atoms with Gasteiger partial charge in [0.05, 0.1) is 5.69 Å². The smallest absolute Gasteiger partial charge is 0.262 e. The number of fused-ring (bicyclic) bond motifs is 1. The molecule has 2 rings (SSSR count). The molecule has 1 heterocycles. The first kappa shape index (κ1) is 13.9. The number of amides is 1. The fourth-order valence-corrected chi connectivity index (χ4v) is 2.49. The highest BCUT2D eigenvalue weighted by Gasteiger charge is 2.29. The van der Waals surface area contributed by atoms with Crippen LogP contribution in [0.5, 0.6) is 5.75 Å². The van der Waals surface area contributed by atoms with Crippen molar-refractivity contribution in [2.24, 2.45) is 5.41 Å². The summed E-state index contributed by atoms with van der Waals surface area (Å²) in [5.41, 5.74) is 2.07. The zero-order valence-corrected chi connectivity index (χ0v) is 12.0. The van der Waals surface area contributed by atoms with Gasteiger partial charge in [-0.1, -0.05) is 26.8 Å². The van der Waals surface area contributed by atoms with Crippen molar-refractivity contribution < 1.29 is 9.53 Å². The maximum atomic E-state index is 11.4. The van der Waals surface area contributed by atoms with E-state index in [0.717, 1.165) is 17.9 Å². The number of hydrogen-bond donors (Lipinski definition) is 2. The van der Waals surface area contributed by atoms with Gasteiger partial charge in [-0.3, -0.25) is 4.79 Å². The van der Waals surface area contributed by atoms with Crippen LogP contribution < -0.4 is 15.4 Å². The fourth-order valence-electron chi connectivity index (χ4n) is 2.49. The summed E-state index contributed by atoms with van der Waals surface area (Å²) in [6.07, 6.45) is 1.07. The highest BCUT2D eigenvalue weighted by atomic mass is 16.5. The summed E-state index contributed by atoms with van der Waals surface area (Å²) in [4.78, 5) is 11.4. The molecule has 1 aliphatic heterocycles. The van der Waals surface area contributed by atoms with Crippen molar-refractivity contribution in [3.05, 3.63) is 23.8 Å². The molecule has 19 heavy (non-hydrogen) atoms. The first-order chi connectivity index (χ1) is 8.97. The lowest BCUT2D eigenvalue weighted by atomic mass is 9.78. The van der Waals surface area contributed by atoms with E-state index in [-0.39, 0.29) is 24.0 Å². The van der Waals surface area contributed by atoms with Gasteiger partial charge in [0.15, 0.2) is 6.61 Å². The van der Waals surface area contributed by atoms with Crippen LogP contribution in [0, 0.1) is 5.41 Å². The predicted molar refractivity (Wildman–Crippen MR) is 76.4 cm³/mol. The monoisotopic (exact) mass is 262 g/mol. The van der Waals surface area contributed by atoms with E-state index in [1.165, 1.54) is 5.56 Å². The molecule has 104 valence electrons. The Bertz CT molecular complexity index is 483. The number of carbonyl (C=O) groups excluding carboxylic acids is 1. The van der Waals surface area contributed by atoms with Crippen LogP contribution in [0.2, 0.25) is 0 Å². The van der Waals surface area contributed by atoms with Crippen LogP contribution in [0.15, 0.2) is 18.2 Å². The highest BCUT2D eigenvalue weighted by Crippen LogP contribution is 2.39. The first-order valence-corrected chi connectivity index (χ1v) is 6.72. The lowest BCUT2D eigenvalue weighted by Gasteiger charge is -2.34. The van der Waals surface area contributed by atoms with Crippen molar-refractivity contribution in [3.8, 4) is 5.75 Å². The van der Waals surface area contributed by atoms with Crippen LogP contribution in [0.3, 0.4) is 0 Å². The zero-order chi connectivity index (χ0) is 14.0. The van der Waals surface area contributed by atoms with Crippen molar-refractivity contribution in [2.75, 3.05) is 19.0 Å². The number of ether oxygens (including phenoxy) is 1. The molecule has 0 radical (unpaired) electrons. The number of anilines is 1. The number of rotatable bonds is 4. The minimum Gasteiger partial charge on any atom is -0.482 e. The third-order valence-electron chi connectivity index (χ3n) is 3.95. The Hall–Kier alpha value is -1.55. The van der Waals surface area contributed by atoms with Gasteiger partial charge in [0.25, 0.3) is 5.91 Å². The Morgan fingerprint density at radius 3 is 2.84 bits per heavy atom. The van der Waals surface area contributed by atoms with Crippen molar-refractivity contribution in [2.45, 2.75) is 33.2 Å². The lowest BCUT2D eigenvalue weighted by Crippen LogP contribution is -2.32. The third-order valence-corrected chi connectivity index (χ3v) is 3.95. The molecule has 4 nitrogen and oxygen atoms in total. The third kappa shape index (κ3) is 2.73. The number of nitrogens with one attached hydrogen (secondary N) is 2. The van der Waals surface area contributed by atoms with E-state index in [4.69, 9.17) is 4.74 Å². The Morgan fingerprint density at radius 2 is 2.21 bits per heavy atom. The predicted octanol–water partition coefficient (Wildman–Crippen LogP) is 2.71. The summed E-state index contributed by atoms with van der Waals surface area (Å²) in [7, 11) is 1.97. The minimum absolute atomic E-state index is 0.0968. The molecular weight excluding hydrogens is 240 g/mol. The maximum absolute atomic E-state index is 11.4. The van der Waals surface area contributed by atoms with Gasteiger partial charge in [0.1, 0.15) is 5.75 Å². The molecule has 0 bridgehead atoms. The normalized spacial score (nSPS) is 16.3. The van der Waals surface area contributed by atoms with E-state index in [0.29, 0.717) is 0 Å². The molecule has 1 amide bonds. The van der Waals surface area contributed by atoms with Crippen molar-refractivity contribution in [3.63, 3.8) is 0 Å². The maximum Gasteiger partial charge on any atom is 0.262 e. The highest BCUT2D eigenvalue weighted by molar-refractivity contribution is 5.95. The van der Waals surface area contributed by atoms with Crippen LogP contribution in [0.1, 0.15) is 38.8 Å². The van der Waals surface area contributed by atoms with Crippen molar-refractivity contribution in [1.82, 2.24) is 5.32 Å². The molecule has 0 saturated carbocycles. The molecule has 0 saturated heterocycles. The summed E-state index contributed by atoms with van der Waals surface area (Å²) in [5, 5.41) is 6.23. The average molecular weight is 262 g/mol. The molecule has 1 aromatic rings. The molecule has 0 fully saturated rings. The topological polar surface area (TPSA) is 50.4 Å². The van der Waals surface area contributed by atoms with Gasteiger partial charge in [0, 0.05) is 6.04 Å². The van der Waals surface area contributed by atoms with Gasteiger partial charge in [-0.25, -0.2) is 0 Å². The SMILES string of the molecule is CCC(C)(C)C(NC)c1ccc2c(c1)NC(=O)CO2. The summed E-state index contributed by atoms with van der Waals surface area (Å²) in [6.45, 7) is 6.77. The van der Waals surface area contributed by atoms with Crippen LogP contribution in [0.4, 0.5) is 5.69 Å². The second kappa shape index (κ2) is 5.21. The molecule has 0 aromatic heterocycles. The molecule has 1 aliphatic rings. The van der Waals surface area contributed by atoms with E-state index < -0.39 is 0 Å². The molecule has 2 N–H and O–H groups in total. The average Bonchev–Trinajstić information content (AvgIpc) is 2.38. The summed E-state index contributed by atoms with van der Waals surface area (Å²) in [5.74, 6) is 0.646. The Morgan fingerprint density at radius 1 is 1.47 bits per heavy atom. The summed E-state index contributed by atoms with van der Waals surface area (Å²) >= 11 is 0. The lowest BCUT2D eigenvalue weighted by molar-refractivity contribution is -0.118. The zero-order valence-electron chi connectivity index (χ0n) is 12.0. The van der Waals surface area contributed by atoms with Gasteiger partial charge in [-0.15, -0.1) is 0 Å². The van der Waals surface area contributed by atoms with Gasteiger partial charge in [-0.2, -0.15) is 0 Å². The van der Waals surface area contributed by atoms with E-state index in [2.05, 4.69) is 37.5 Å². The number of benzene rings is 1. The van der Waals surface area contributed by atoms with Crippen LogP contribution in [0.25, 0.3) is 0 Å². The van der Waals surface area contributed by atoms with E-state index >= 15 is 0 Å². The van der Waals surface area contributed by atoms with Gasteiger partial charge in [0.2, 0.25) is 0 Å². The molecule has 1 unspecified atom stereocenters. The fraction of sp³-hybridized carbons (Fsp3) is 0.533. The number of carbonyl (C=O) groups is 1. The van der Waals surface area contributed by atoms with Crippen LogP contribution in [-0.4, -0.2) is 19.6 Å². The van der Waals surface area contributed by atoms with Crippen molar-refractivity contribution in [1.29, 1.82) is 0 Å². The van der Waals surface area contributed by atoms with Crippen LogP contribution >= 0.6 is 0 Å². The molecule has 0 spiro atoms. The van der Waals surface area contributed by atoms with Gasteiger partial charge < -0.3 is 15.4 Å². The Kier molecular flexibility index (Phi) is 3.80. The van der Waals surface area contributed by atoms with E-state index in [1.54, 1.807) is 0 Å². The van der Waals surface area contributed by atoms with E-state index in [9.17, 15) is 4.79 Å². The first-order valence-electron chi connectivity index (χ1n) is 6.72. The minimum atomic E-state index is -0.0968. The van der Waals surface area contributed by atoms with Gasteiger partial charge in [-0.05, 0) is 36.6 Å². The Balaban J connectivity index is 2.35. The largest absolute Gasteiger partial charge is 0.482 e. The summed E-state index contributed by atoms with van der Waals surface area (Å²) in [6, 6.07) is 6.24. The van der Waals surface area contributed by atoms with E-state index in [1.807, 2.05) is 19.2 Å². The molecule has 1 aromatic carbocycles. The standard InChI is InChI=1S/C15H22N2O2/c1-5-15(2,3)14(16-4)10-6-7-12-11(8-10)17-13(18)9-19-12/h6-8,14,16H,5,9H2,1-4H3,(H,17,18). The molecule has 0 aliphatic carbocycles. The summed E-state index contributed by atoms with van der Waals surface area (Å²) < 4.78 is 5.38. The quantitative estimate of drug-likeness (QED) is 0.877. The van der Waals surface area contributed by atoms with Gasteiger partial charge >= 0.3 is 0 Å².